The molecule has 23 heavy (non-hydrogen) atoms. The molecule has 2 aromatic carbocycles. The Morgan fingerprint density at radius 3 is 2.35 bits per heavy atom. The van der Waals surface area contributed by atoms with E-state index in [2.05, 4.69) is 21.4 Å². The molecule has 3 rings (SSSR count). The lowest BCUT2D eigenvalue weighted by molar-refractivity contribution is 0.305. The number of ether oxygens (including phenoxy) is 1. The molecule has 0 amide bonds. The summed E-state index contributed by atoms with van der Waals surface area (Å²) in [6.45, 7) is 1.09. The van der Waals surface area contributed by atoms with Crippen LogP contribution < -0.4 is 10.1 Å². The third kappa shape index (κ3) is 4.20. The maximum Gasteiger partial charge on any atom is 0.222 e. The van der Waals surface area contributed by atoms with Crippen molar-refractivity contribution < 1.29 is 4.74 Å². The van der Waals surface area contributed by atoms with Crippen molar-refractivity contribution in [3.05, 3.63) is 83.1 Å². The van der Waals surface area contributed by atoms with E-state index in [1.807, 2.05) is 42.5 Å². The van der Waals surface area contributed by atoms with Gasteiger partial charge in [-0.05, 0) is 29.3 Å². The number of benzene rings is 2. The molecule has 3 aromatic rings. The van der Waals surface area contributed by atoms with Gasteiger partial charge in [0.05, 0.1) is 5.02 Å². The van der Waals surface area contributed by atoms with Gasteiger partial charge in [-0.15, -0.1) is 0 Å². The van der Waals surface area contributed by atoms with Gasteiger partial charge in [0.1, 0.15) is 12.4 Å². The van der Waals surface area contributed by atoms with Crippen LogP contribution in [0, 0.1) is 0 Å². The number of nitrogens with one attached hydrogen (secondary N) is 1. The Hall–Kier alpha value is -2.59. The van der Waals surface area contributed by atoms with E-state index in [-0.39, 0.29) is 0 Å². The average Bonchev–Trinajstić information content (AvgIpc) is 2.61. The fourth-order valence-electron chi connectivity index (χ4n) is 2.15. The van der Waals surface area contributed by atoms with Crippen molar-refractivity contribution in [1.82, 2.24) is 9.97 Å². The summed E-state index contributed by atoms with van der Waals surface area (Å²) in [6.07, 6.45) is 3.42. The predicted molar refractivity (Wildman–Crippen MR) is 91.6 cm³/mol. The molecule has 0 fully saturated rings. The molecule has 5 heteroatoms. The van der Waals surface area contributed by atoms with Crippen molar-refractivity contribution in [2.45, 2.75) is 13.2 Å². The Labute approximate surface area is 140 Å². The topological polar surface area (TPSA) is 47.0 Å². The van der Waals surface area contributed by atoms with E-state index in [9.17, 15) is 0 Å². The Bertz CT molecular complexity index is 765. The summed E-state index contributed by atoms with van der Waals surface area (Å²) in [4.78, 5) is 8.32. The van der Waals surface area contributed by atoms with E-state index in [0.29, 0.717) is 29.9 Å². The second kappa shape index (κ2) is 7.61. The Balaban J connectivity index is 1.67. The van der Waals surface area contributed by atoms with Crippen LogP contribution >= 0.6 is 11.6 Å². The molecule has 0 unspecified atom stereocenters. The van der Waals surface area contributed by atoms with Crippen molar-refractivity contribution >= 4 is 17.5 Å². The molecule has 0 spiro atoms. The Kier molecular flexibility index (Phi) is 5.06. The standard InChI is InChI=1S/C18H16ClN3O/c19-16-8-3-4-9-17(16)23-13-15-7-2-1-6-14(15)12-22-18-20-10-5-11-21-18/h1-11H,12-13H2,(H,20,21,22). The summed E-state index contributed by atoms with van der Waals surface area (Å²) < 4.78 is 5.82. The first-order valence-corrected chi connectivity index (χ1v) is 7.66. The van der Waals surface area contributed by atoms with Gasteiger partial charge in [-0.3, -0.25) is 0 Å². The third-order valence-electron chi connectivity index (χ3n) is 3.34. The highest BCUT2D eigenvalue weighted by Gasteiger charge is 2.05. The molecule has 1 heterocycles. The van der Waals surface area contributed by atoms with Gasteiger partial charge in [-0.2, -0.15) is 0 Å². The lowest BCUT2D eigenvalue weighted by atomic mass is 10.1. The second-order valence-corrected chi connectivity index (χ2v) is 5.32. The molecule has 0 saturated heterocycles. The molecular formula is C18H16ClN3O. The summed E-state index contributed by atoms with van der Waals surface area (Å²) in [6, 6.07) is 17.3. The Morgan fingerprint density at radius 2 is 1.57 bits per heavy atom. The number of para-hydroxylation sites is 1. The summed E-state index contributed by atoms with van der Waals surface area (Å²) in [5.41, 5.74) is 2.22. The third-order valence-corrected chi connectivity index (χ3v) is 3.65. The zero-order chi connectivity index (χ0) is 15.9. The van der Waals surface area contributed by atoms with Crippen LogP contribution in [-0.4, -0.2) is 9.97 Å². The highest BCUT2D eigenvalue weighted by molar-refractivity contribution is 6.32. The normalized spacial score (nSPS) is 10.3. The van der Waals surface area contributed by atoms with E-state index in [0.717, 1.165) is 11.1 Å². The molecule has 0 aliphatic rings. The first-order valence-electron chi connectivity index (χ1n) is 7.28. The van der Waals surface area contributed by atoms with E-state index < -0.39 is 0 Å². The molecule has 1 N–H and O–H groups in total. The van der Waals surface area contributed by atoms with Gasteiger partial charge < -0.3 is 10.1 Å². The predicted octanol–water partition coefficient (Wildman–Crippen LogP) is 4.32. The van der Waals surface area contributed by atoms with Crippen LogP contribution in [0.4, 0.5) is 5.95 Å². The van der Waals surface area contributed by atoms with Crippen LogP contribution in [0.15, 0.2) is 67.0 Å². The zero-order valence-electron chi connectivity index (χ0n) is 12.4. The van der Waals surface area contributed by atoms with Gasteiger partial charge in [0, 0.05) is 18.9 Å². The van der Waals surface area contributed by atoms with E-state index in [1.54, 1.807) is 18.5 Å². The lowest BCUT2D eigenvalue weighted by Gasteiger charge is -2.12. The smallest absolute Gasteiger partial charge is 0.222 e. The first kappa shape index (κ1) is 15.3. The van der Waals surface area contributed by atoms with E-state index >= 15 is 0 Å². The molecule has 0 atom stereocenters. The zero-order valence-corrected chi connectivity index (χ0v) is 13.2. The molecule has 0 aliphatic heterocycles. The molecule has 0 bridgehead atoms. The minimum Gasteiger partial charge on any atom is -0.487 e. The molecule has 116 valence electrons. The van der Waals surface area contributed by atoms with Gasteiger partial charge >= 0.3 is 0 Å². The summed E-state index contributed by atoms with van der Waals surface area (Å²) >= 11 is 6.12. The first-order chi connectivity index (χ1) is 11.3. The van der Waals surface area contributed by atoms with Crippen LogP contribution in [-0.2, 0) is 13.2 Å². The molecule has 0 aliphatic carbocycles. The summed E-state index contributed by atoms with van der Waals surface area (Å²) in [5, 5.41) is 3.82. The maximum atomic E-state index is 6.12. The van der Waals surface area contributed by atoms with E-state index in [1.165, 1.54) is 0 Å². The van der Waals surface area contributed by atoms with Crippen LogP contribution in [0.25, 0.3) is 0 Å². The molecular weight excluding hydrogens is 310 g/mol. The van der Waals surface area contributed by atoms with Gasteiger partial charge in [-0.1, -0.05) is 48.0 Å². The maximum absolute atomic E-state index is 6.12. The fourth-order valence-corrected chi connectivity index (χ4v) is 2.34. The van der Waals surface area contributed by atoms with Crippen molar-refractivity contribution in [2.75, 3.05) is 5.32 Å². The lowest BCUT2D eigenvalue weighted by Crippen LogP contribution is -2.07. The minimum absolute atomic E-state index is 0.456. The number of aromatic nitrogens is 2. The molecule has 0 radical (unpaired) electrons. The number of nitrogens with zero attached hydrogens (tertiary/aromatic N) is 2. The summed E-state index contributed by atoms with van der Waals surface area (Å²) in [7, 11) is 0. The highest BCUT2D eigenvalue weighted by atomic mass is 35.5. The van der Waals surface area contributed by atoms with Crippen molar-refractivity contribution in [1.29, 1.82) is 0 Å². The van der Waals surface area contributed by atoms with Gasteiger partial charge in [0.2, 0.25) is 5.95 Å². The molecule has 0 saturated carbocycles. The molecule has 1 aromatic heterocycles. The highest BCUT2D eigenvalue weighted by Crippen LogP contribution is 2.24. The minimum atomic E-state index is 0.456. The van der Waals surface area contributed by atoms with Crippen molar-refractivity contribution in [2.24, 2.45) is 0 Å². The van der Waals surface area contributed by atoms with Gasteiger partial charge in [0.15, 0.2) is 0 Å². The number of hydrogen-bond acceptors (Lipinski definition) is 4. The van der Waals surface area contributed by atoms with Crippen LogP contribution in [0.2, 0.25) is 5.02 Å². The number of halogens is 1. The number of anilines is 1. The van der Waals surface area contributed by atoms with Crippen LogP contribution in [0.1, 0.15) is 11.1 Å². The number of rotatable bonds is 6. The monoisotopic (exact) mass is 325 g/mol. The van der Waals surface area contributed by atoms with E-state index in [4.69, 9.17) is 16.3 Å². The van der Waals surface area contributed by atoms with Crippen LogP contribution in [0.5, 0.6) is 5.75 Å². The van der Waals surface area contributed by atoms with Gasteiger partial charge in [0.25, 0.3) is 0 Å². The summed E-state index contributed by atoms with van der Waals surface area (Å²) in [5.74, 6) is 1.29. The SMILES string of the molecule is Clc1ccccc1OCc1ccccc1CNc1ncccn1. The van der Waals surface area contributed by atoms with Crippen molar-refractivity contribution in [3.63, 3.8) is 0 Å². The second-order valence-electron chi connectivity index (χ2n) is 4.91. The average molecular weight is 326 g/mol. The number of hydrogen-bond donors (Lipinski definition) is 1. The quantitative estimate of drug-likeness (QED) is 0.733. The largest absolute Gasteiger partial charge is 0.487 e. The van der Waals surface area contributed by atoms with Gasteiger partial charge in [-0.25, -0.2) is 9.97 Å². The Morgan fingerprint density at radius 1 is 0.870 bits per heavy atom. The van der Waals surface area contributed by atoms with Crippen LogP contribution in [0.3, 0.4) is 0 Å². The fraction of sp³-hybridized carbons (Fsp3) is 0.111. The van der Waals surface area contributed by atoms with Crippen molar-refractivity contribution in [3.8, 4) is 5.75 Å². The molecule has 4 nitrogen and oxygen atoms in total.